The van der Waals surface area contributed by atoms with Gasteiger partial charge < -0.3 is 24.0 Å². The molecular formula is C46H81NO9P+. The third-order valence-corrected chi connectivity index (χ3v) is 9.80. The van der Waals surface area contributed by atoms with Gasteiger partial charge in [-0.1, -0.05) is 138 Å². The summed E-state index contributed by atoms with van der Waals surface area (Å²) in [6.07, 6.45) is 42.8. The summed E-state index contributed by atoms with van der Waals surface area (Å²) in [5.74, 6) is -0.914. The molecule has 10 nitrogen and oxygen atoms in total. The van der Waals surface area contributed by atoms with Crippen LogP contribution in [0.5, 0.6) is 0 Å². The number of likely N-dealkylation sites (N-methyl/N-ethyl adjacent to an activating group) is 1. The van der Waals surface area contributed by atoms with Gasteiger partial charge >= 0.3 is 19.8 Å². The largest absolute Gasteiger partial charge is 0.472 e. The zero-order chi connectivity index (χ0) is 42.3. The fraction of sp³-hybridized carbons (Fsp3) is 0.696. The van der Waals surface area contributed by atoms with E-state index in [-0.39, 0.29) is 32.2 Å². The first kappa shape index (κ1) is 54.4. The number of allylic oxidation sites excluding steroid dienone is 11. The first-order valence-corrected chi connectivity index (χ1v) is 23.3. The molecule has 0 rings (SSSR count). The summed E-state index contributed by atoms with van der Waals surface area (Å²) in [5.41, 5.74) is 0. The van der Waals surface area contributed by atoms with E-state index in [0.717, 1.165) is 77.0 Å². The average Bonchev–Trinajstić information content (AvgIpc) is 3.15. The van der Waals surface area contributed by atoms with Gasteiger partial charge in [-0.3, -0.25) is 18.6 Å². The lowest BCUT2D eigenvalue weighted by Crippen LogP contribution is -2.37. The number of hydrogen-bond acceptors (Lipinski definition) is 8. The van der Waals surface area contributed by atoms with E-state index in [1.54, 1.807) is 0 Å². The van der Waals surface area contributed by atoms with Gasteiger partial charge in [-0.15, -0.1) is 0 Å². The lowest BCUT2D eigenvalue weighted by molar-refractivity contribution is -0.870. The van der Waals surface area contributed by atoms with Crippen LogP contribution in [-0.2, 0) is 32.7 Å². The second kappa shape index (κ2) is 37.7. The summed E-state index contributed by atoms with van der Waals surface area (Å²) in [5, 5.41) is 9.91. The van der Waals surface area contributed by atoms with Crippen LogP contribution < -0.4 is 0 Å². The van der Waals surface area contributed by atoms with Crippen molar-refractivity contribution >= 4 is 19.8 Å². The molecule has 0 aromatic heterocycles. The van der Waals surface area contributed by atoms with E-state index in [1.807, 2.05) is 57.6 Å². The van der Waals surface area contributed by atoms with Crippen LogP contribution in [0, 0.1) is 0 Å². The quantitative estimate of drug-likeness (QED) is 0.0156. The molecule has 11 heteroatoms. The SMILES string of the molecule is CCCCC/C=C\C/C=C\CCCCCCCC(=O)OC[C@H](COP(=O)(O)OCC[N+](C)(C)C)OC(=O)CCC/C=C\C/C=C\C/C=C\C=C\[C@@H](O)CCCCC. The van der Waals surface area contributed by atoms with Crippen molar-refractivity contribution in [2.75, 3.05) is 47.5 Å². The van der Waals surface area contributed by atoms with Crippen molar-refractivity contribution < 1.29 is 47.2 Å². The highest BCUT2D eigenvalue weighted by molar-refractivity contribution is 7.47. The number of aliphatic hydroxyl groups excluding tert-OH is 1. The highest BCUT2D eigenvalue weighted by atomic mass is 31.2. The van der Waals surface area contributed by atoms with Crippen LogP contribution in [0.25, 0.3) is 0 Å². The molecule has 0 aromatic rings. The van der Waals surface area contributed by atoms with Crippen LogP contribution >= 0.6 is 7.82 Å². The number of phosphoric ester groups is 1. The second-order valence-electron chi connectivity index (χ2n) is 15.6. The van der Waals surface area contributed by atoms with Gasteiger partial charge in [0, 0.05) is 12.8 Å². The average molecular weight is 823 g/mol. The third-order valence-electron chi connectivity index (χ3n) is 8.81. The standard InChI is InChI=1S/C46H80NO9P/c1-6-8-10-11-12-13-14-15-16-17-20-23-26-29-33-37-45(49)53-41-44(42-55-57(51,52)54-40-39-47(3,4)5)56-46(50)38-34-30-27-24-21-18-19-22-25-28-32-36-43(48)35-31-9-7-2/h12-13,15-16,18-19,24-25,27-28,32,36,43-44,48H,6-11,14,17,20-23,26,29-31,33-35,37-42H2,1-5H3/p+1/b13-12-,16-15-,19-18-,27-24-,28-25-,36-32+/t43-,44+/m0/s1. The molecule has 0 spiro atoms. The minimum absolute atomic E-state index is 0.00725. The van der Waals surface area contributed by atoms with Crippen molar-refractivity contribution in [3.8, 4) is 0 Å². The zero-order valence-corrected chi connectivity index (χ0v) is 37.3. The van der Waals surface area contributed by atoms with Crippen LogP contribution in [0.1, 0.15) is 149 Å². The molecule has 0 aliphatic carbocycles. The fourth-order valence-corrected chi connectivity index (χ4v) is 6.06. The zero-order valence-electron chi connectivity index (χ0n) is 36.4. The molecule has 3 atom stereocenters. The number of rotatable bonds is 38. The summed E-state index contributed by atoms with van der Waals surface area (Å²) in [7, 11) is 1.39. The number of hydrogen-bond donors (Lipinski definition) is 2. The normalized spacial score (nSPS) is 14.9. The van der Waals surface area contributed by atoms with E-state index in [9.17, 15) is 24.2 Å². The van der Waals surface area contributed by atoms with Crippen molar-refractivity contribution in [1.82, 2.24) is 0 Å². The number of ether oxygens (including phenoxy) is 2. The summed E-state index contributed by atoms with van der Waals surface area (Å²) >= 11 is 0. The molecule has 0 bridgehead atoms. The lowest BCUT2D eigenvalue weighted by atomic mass is 10.1. The predicted octanol–water partition coefficient (Wildman–Crippen LogP) is 11.2. The van der Waals surface area contributed by atoms with Crippen LogP contribution in [0.3, 0.4) is 0 Å². The molecule has 0 aromatic carbocycles. The van der Waals surface area contributed by atoms with Gasteiger partial charge in [-0.25, -0.2) is 4.57 Å². The van der Waals surface area contributed by atoms with Gasteiger partial charge in [0.25, 0.3) is 0 Å². The molecule has 0 radical (unpaired) electrons. The Bertz CT molecular complexity index is 1220. The van der Waals surface area contributed by atoms with Crippen molar-refractivity contribution in [3.63, 3.8) is 0 Å². The molecule has 0 amide bonds. The maximum absolute atomic E-state index is 12.7. The Morgan fingerprint density at radius 2 is 1.18 bits per heavy atom. The Kier molecular flexibility index (Phi) is 36.0. The van der Waals surface area contributed by atoms with Gasteiger partial charge in [-0.2, -0.15) is 0 Å². The molecule has 0 aliphatic heterocycles. The topological polar surface area (TPSA) is 129 Å². The number of carbonyl (C=O) groups excluding carboxylic acids is 2. The number of quaternary nitrogens is 1. The highest BCUT2D eigenvalue weighted by Gasteiger charge is 2.27. The third kappa shape index (κ3) is 41.4. The molecule has 57 heavy (non-hydrogen) atoms. The number of esters is 2. The molecule has 0 fully saturated rings. The van der Waals surface area contributed by atoms with Crippen molar-refractivity contribution in [3.05, 3.63) is 72.9 Å². The molecule has 0 heterocycles. The van der Waals surface area contributed by atoms with Crippen LogP contribution in [0.4, 0.5) is 0 Å². The summed E-state index contributed by atoms with van der Waals surface area (Å²) in [6.45, 7) is 4.15. The Morgan fingerprint density at radius 3 is 1.82 bits per heavy atom. The predicted molar refractivity (Wildman–Crippen MR) is 235 cm³/mol. The van der Waals surface area contributed by atoms with Crippen LogP contribution in [0.15, 0.2) is 72.9 Å². The van der Waals surface area contributed by atoms with Crippen molar-refractivity contribution in [2.24, 2.45) is 0 Å². The molecule has 2 N–H and O–H groups in total. The van der Waals surface area contributed by atoms with Crippen molar-refractivity contribution in [2.45, 2.75) is 161 Å². The Labute approximate surface area is 347 Å². The van der Waals surface area contributed by atoms with E-state index in [2.05, 4.69) is 50.3 Å². The maximum atomic E-state index is 12.7. The molecular weight excluding hydrogens is 741 g/mol. The summed E-state index contributed by atoms with van der Waals surface area (Å²) in [4.78, 5) is 35.3. The number of nitrogens with zero attached hydrogens (tertiary/aromatic N) is 1. The number of phosphoric acid groups is 1. The van der Waals surface area contributed by atoms with E-state index >= 15 is 0 Å². The second-order valence-corrected chi connectivity index (χ2v) is 17.0. The first-order chi connectivity index (χ1) is 27.4. The van der Waals surface area contributed by atoms with Crippen molar-refractivity contribution in [1.29, 1.82) is 0 Å². The summed E-state index contributed by atoms with van der Waals surface area (Å²) in [6, 6.07) is 0. The molecule has 328 valence electrons. The molecule has 1 unspecified atom stereocenters. The fourth-order valence-electron chi connectivity index (χ4n) is 5.32. The molecule has 0 saturated carbocycles. The van der Waals surface area contributed by atoms with Gasteiger partial charge in [0.15, 0.2) is 6.10 Å². The smallest absolute Gasteiger partial charge is 0.462 e. The Balaban J connectivity index is 4.55. The highest BCUT2D eigenvalue weighted by Crippen LogP contribution is 2.43. The number of carbonyl (C=O) groups is 2. The lowest BCUT2D eigenvalue weighted by Gasteiger charge is -2.24. The number of aliphatic hydroxyl groups is 1. The van der Waals surface area contributed by atoms with E-state index in [1.165, 1.54) is 25.7 Å². The Hall–Kier alpha value is -2.59. The maximum Gasteiger partial charge on any atom is 0.472 e. The Morgan fingerprint density at radius 1 is 0.632 bits per heavy atom. The van der Waals surface area contributed by atoms with Crippen LogP contribution in [0.2, 0.25) is 0 Å². The van der Waals surface area contributed by atoms with Crippen LogP contribution in [-0.4, -0.2) is 86.1 Å². The summed E-state index contributed by atoms with van der Waals surface area (Å²) < 4.78 is 34.2. The molecule has 0 aliphatic rings. The minimum Gasteiger partial charge on any atom is -0.462 e. The van der Waals surface area contributed by atoms with Gasteiger partial charge in [0.05, 0.1) is 33.9 Å². The minimum atomic E-state index is -4.41. The van der Waals surface area contributed by atoms with Gasteiger partial charge in [-0.05, 0) is 70.6 Å². The van der Waals surface area contributed by atoms with E-state index < -0.39 is 32.5 Å². The van der Waals surface area contributed by atoms with Gasteiger partial charge in [0.2, 0.25) is 0 Å². The monoisotopic (exact) mass is 823 g/mol. The number of unbranched alkanes of at least 4 members (excludes halogenated alkanes) is 11. The van der Waals surface area contributed by atoms with E-state index in [0.29, 0.717) is 30.3 Å². The molecule has 0 saturated heterocycles. The van der Waals surface area contributed by atoms with E-state index in [4.69, 9.17) is 18.5 Å². The van der Waals surface area contributed by atoms with Gasteiger partial charge in [0.1, 0.15) is 19.8 Å². The first-order valence-electron chi connectivity index (χ1n) is 21.8.